The monoisotopic (exact) mass is 419 g/mol. The second-order valence-corrected chi connectivity index (χ2v) is 7.67. The average Bonchev–Trinajstić information content (AvgIpc) is 3.00. The molecule has 3 heterocycles. The Kier molecular flexibility index (Phi) is 4.67. The van der Waals surface area contributed by atoms with Crippen molar-refractivity contribution in [3.63, 3.8) is 0 Å². The molecule has 130 valence electrons. The molecule has 1 fully saturated rings. The van der Waals surface area contributed by atoms with Crippen LogP contribution in [-0.2, 0) is 13.6 Å². The predicted molar refractivity (Wildman–Crippen MR) is 105 cm³/mol. The van der Waals surface area contributed by atoms with Crippen LogP contribution < -0.4 is 4.90 Å². The minimum absolute atomic E-state index is 0.680. The highest BCUT2D eigenvalue weighted by atomic mass is 79.9. The molecule has 3 aromatic rings. The van der Waals surface area contributed by atoms with Gasteiger partial charge >= 0.3 is 0 Å². The van der Waals surface area contributed by atoms with Crippen LogP contribution in [0.25, 0.3) is 10.9 Å². The second-order valence-electron chi connectivity index (χ2n) is 6.35. The molecule has 7 heteroatoms. The third kappa shape index (κ3) is 3.52. The maximum Gasteiger partial charge on any atom is 0.129 e. The van der Waals surface area contributed by atoms with Crippen molar-refractivity contribution in [1.29, 1.82) is 0 Å². The summed E-state index contributed by atoms with van der Waals surface area (Å²) in [6.07, 6.45) is 3.85. The fourth-order valence-corrected chi connectivity index (χ4v) is 4.08. The minimum Gasteiger partial charge on any atom is -0.354 e. The Bertz CT molecular complexity index is 902. The lowest BCUT2D eigenvalue weighted by molar-refractivity contribution is 0.241. The zero-order chi connectivity index (χ0) is 17.4. The second kappa shape index (κ2) is 6.94. The maximum atomic E-state index is 6.36. The summed E-state index contributed by atoms with van der Waals surface area (Å²) in [5.74, 6) is 2.10. The van der Waals surface area contributed by atoms with E-state index in [-0.39, 0.29) is 0 Å². The summed E-state index contributed by atoms with van der Waals surface area (Å²) >= 11 is 9.84. The number of pyridine rings is 1. The first-order valence-electron chi connectivity index (χ1n) is 8.29. The van der Waals surface area contributed by atoms with Crippen molar-refractivity contribution in [2.45, 2.75) is 6.54 Å². The Morgan fingerprint density at radius 1 is 1.16 bits per heavy atom. The van der Waals surface area contributed by atoms with Gasteiger partial charge in [-0.25, -0.2) is 9.97 Å². The normalized spacial score (nSPS) is 15.9. The van der Waals surface area contributed by atoms with Crippen LogP contribution in [0.4, 0.5) is 5.82 Å². The van der Waals surface area contributed by atoms with E-state index in [1.54, 1.807) is 0 Å². The molecule has 1 aromatic carbocycles. The van der Waals surface area contributed by atoms with Crippen molar-refractivity contribution in [2.24, 2.45) is 7.05 Å². The molecule has 1 aliphatic heterocycles. The highest BCUT2D eigenvalue weighted by Crippen LogP contribution is 2.29. The number of hydrogen-bond acceptors (Lipinski definition) is 4. The number of halogens is 2. The third-order valence-electron chi connectivity index (χ3n) is 4.68. The number of aromatic nitrogens is 3. The number of fused-ring (bicyclic) bond motifs is 1. The summed E-state index contributed by atoms with van der Waals surface area (Å²) in [7, 11) is 2.04. The van der Waals surface area contributed by atoms with E-state index in [0.717, 1.165) is 59.7 Å². The summed E-state index contributed by atoms with van der Waals surface area (Å²) in [4.78, 5) is 14.0. The summed E-state index contributed by atoms with van der Waals surface area (Å²) in [6.45, 7) is 4.80. The van der Waals surface area contributed by atoms with Gasteiger partial charge in [-0.1, -0.05) is 27.5 Å². The molecule has 4 rings (SSSR count). The molecule has 0 spiro atoms. The van der Waals surface area contributed by atoms with Gasteiger partial charge in [0.2, 0.25) is 0 Å². The highest BCUT2D eigenvalue weighted by Gasteiger charge is 2.19. The Labute approximate surface area is 160 Å². The number of aryl methyl sites for hydroxylation is 1. The minimum atomic E-state index is 0.680. The van der Waals surface area contributed by atoms with Gasteiger partial charge in [0.1, 0.15) is 11.6 Å². The fourth-order valence-electron chi connectivity index (χ4n) is 3.21. The Balaban J connectivity index is 1.47. The van der Waals surface area contributed by atoms with Gasteiger partial charge in [-0.05, 0) is 24.3 Å². The Morgan fingerprint density at radius 2 is 1.96 bits per heavy atom. The largest absolute Gasteiger partial charge is 0.354 e. The molecule has 1 saturated heterocycles. The predicted octanol–water partition coefficient (Wildman–Crippen LogP) is 3.71. The van der Waals surface area contributed by atoms with Gasteiger partial charge in [-0.3, -0.25) is 4.90 Å². The zero-order valence-electron chi connectivity index (χ0n) is 14.0. The van der Waals surface area contributed by atoms with Gasteiger partial charge in [0, 0.05) is 55.5 Å². The van der Waals surface area contributed by atoms with Gasteiger partial charge in [0.05, 0.1) is 17.1 Å². The molecule has 0 atom stereocenters. The van der Waals surface area contributed by atoms with Gasteiger partial charge in [0.25, 0.3) is 0 Å². The molecule has 0 aliphatic carbocycles. The number of benzene rings is 1. The van der Waals surface area contributed by atoms with Crippen molar-refractivity contribution < 1.29 is 0 Å². The van der Waals surface area contributed by atoms with E-state index in [4.69, 9.17) is 16.6 Å². The molecule has 0 radical (unpaired) electrons. The number of hydrogen-bond donors (Lipinski definition) is 0. The topological polar surface area (TPSA) is 37.2 Å². The highest BCUT2D eigenvalue weighted by molar-refractivity contribution is 9.10. The smallest absolute Gasteiger partial charge is 0.129 e. The van der Waals surface area contributed by atoms with Gasteiger partial charge in [0.15, 0.2) is 0 Å². The lowest BCUT2D eigenvalue weighted by Gasteiger charge is -2.35. The average molecular weight is 421 g/mol. The number of imidazole rings is 1. The first-order valence-corrected chi connectivity index (χ1v) is 9.46. The van der Waals surface area contributed by atoms with E-state index in [1.165, 1.54) is 0 Å². The molecule has 0 unspecified atom stereocenters. The summed E-state index contributed by atoms with van der Waals surface area (Å²) < 4.78 is 3.06. The molecular weight excluding hydrogens is 402 g/mol. The first kappa shape index (κ1) is 16.8. The number of nitrogens with zero attached hydrogens (tertiary/aromatic N) is 5. The molecular formula is C18H19BrClN5. The van der Waals surface area contributed by atoms with Crippen LogP contribution in [0.15, 0.2) is 41.1 Å². The van der Waals surface area contributed by atoms with Crippen LogP contribution in [0, 0.1) is 0 Å². The fraction of sp³-hybridized carbons (Fsp3) is 0.333. The molecule has 0 saturated carbocycles. The SMILES string of the molecule is Cn1ccnc1CN1CCN(c2ccc3cc(Br)cc(Cl)c3n2)CC1. The molecule has 0 amide bonds. The van der Waals surface area contributed by atoms with Crippen LogP contribution in [0.2, 0.25) is 5.02 Å². The van der Waals surface area contributed by atoms with Crippen LogP contribution >= 0.6 is 27.5 Å². The number of anilines is 1. The van der Waals surface area contributed by atoms with Gasteiger partial charge < -0.3 is 9.47 Å². The Morgan fingerprint density at radius 3 is 2.68 bits per heavy atom. The zero-order valence-corrected chi connectivity index (χ0v) is 16.3. The first-order chi connectivity index (χ1) is 12.1. The molecule has 2 aromatic heterocycles. The van der Waals surface area contributed by atoms with E-state index >= 15 is 0 Å². The van der Waals surface area contributed by atoms with E-state index < -0.39 is 0 Å². The van der Waals surface area contributed by atoms with Crippen molar-refractivity contribution in [3.8, 4) is 0 Å². The standard InChI is InChI=1S/C18H19BrClN5/c1-23-5-4-21-17(23)12-24-6-8-25(9-7-24)16-3-2-13-10-14(19)11-15(20)18(13)22-16/h2-5,10-11H,6-9,12H2,1H3. The van der Waals surface area contributed by atoms with E-state index in [1.807, 2.05) is 31.6 Å². The van der Waals surface area contributed by atoms with Gasteiger partial charge in [-0.2, -0.15) is 0 Å². The third-order valence-corrected chi connectivity index (χ3v) is 5.42. The van der Waals surface area contributed by atoms with Gasteiger partial charge in [-0.15, -0.1) is 0 Å². The molecule has 5 nitrogen and oxygen atoms in total. The van der Waals surface area contributed by atoms with E-state index in [0.29, 0.717) is 5.02 Å². The lowest BCUT2D eigenvalue weighted by Crippen LogP contribution is -2.46. The summed E-state index contributed by atoms with van der Waals surface area (Å²) in [6, 6.07) is 8.11. The van der Waals surface area contributed by atoms with Crippen molar-refractivity contribution in [1.82, 2.24) is 19.4 Å². The Hall–Kier alpha value is -1.63. The van der Waals surface area contributed by atoms with Crippen molar-refractivity contribution in [2.75, 3.05) is 31.1 Å². The van der Waals surface area contributed by atoms with Crippen LogP contribution in [-0.4, -0.2) is 45.6 Å². The molecule has 0 N–H and O–H groups in total. The lowest BCUT2D eigenvalue weighted by atomic mass is 10.2. The molecule has 1 aliphatic rings. The molecule has 25 heavy (non-hydrogen) atoms. The summed E-state index contributed by atoms with van der Waals surface area (Å²) in [5.41, 5.74) is 0.859. The molecule has 0 bridgehead atoms. The van der Waals surface area contributed by atoms with Crippen molar-refractivity contribution in [3.05, 3.63) is 52.0 Å². The van der Waals surface area contributed by atoms with E-state index in [2.05, 4.69) is 47.4 Å². The summed E-state index contributed by atoms with van der Waals surface area (Å²) in [5, 5.41) is 1.73. The van der Waals surface area contributed by atoms with E-state index in [9.17, 15) is 0 Å². The quantitative estimate of drug-likeness (QED) is 0.647. The maximum absolute atomic E-state index is 6.36. The number of rotatable bonds is 3. The van der Waals surface area contributed by atoms with Crippen LogP contribution in [0.5, 0.6) is 0 Å². The van der Waals surface area contributed by atoms with Crippen LogP contribution in [0.1, 0.15) is 5.82 Å². The van der Waals surface area contributed by atoms with Crippen LogP contribution in [0.3, 0.4) is 0 Å². The van der Waals surface area contributed by atoms with Crippen molar-refractivity contribution >= 4 is 44.3 Å². The number of piperazine rings is 1.